The number of imidazole rings is 1. The van der Waals surface area contributed by atoms with E-state index in [0.29, 0.717) is 42.9 Å². The standard InChI is InChI=1S/C33H32N6O2S/c1-23(2)15-32(40)39(21-29-19-35-22-38(29)20-25-8-6-24(18-34)7-9-25)28-10-11-30-26(16-28)17-31(42-30)33(41)37-14-12-27-5-3-4-13-36-27/h3-11,13,16-17,19,22-23H,12,14-15,20-21H2,1-2H3,(H,37,41). The van der Waals surface area contributed by atoms with Crippen LogP contribution in [0.4, 0.5) is 5.69 Å². The fourth-order valence-corrected chi connectivity index (χ4v) is 5.66. The van der Waals surface area contributed by atoms with E-state index in [1.54, 1.807) is 35.8 Å². The lowest BCUT2D eigenvalue weighted by atomic mass is 10.1. The summed E-state index contributed by atoms with van der Waals surface area (Å²) in [5.41, 5.74) is 4.26. The maximum atomic E-state index is 13.5. The van der Waals surface area contributed by atoms with Crippen LogP contribution < -0.4 is 10.2 Å². The van der Waals surface area contributed by atoms with Crippen molar-refractivity contribution in [2.24, 2.45) is 5.92 Å². The molecule has 212 valence electrons. The number of nitriles is 1. The minimum absolute atomic E-state index is 0.0261. The molecule has 9 heteroatoms. The van der Waals surface area contributed by atoms with Crippen molar-refractivity contribution in [2.45, 2.75) is 39.8 Å². The Hall–Kier alpha value is -4.81. The summed E-state index contributed by atoms with van der Waals surface area (Å²) in [7, 11) is 0. The molecule has 0 aliphatic heterocycles. The Kier molecular flexibility index (Phi) is 9.05. The fourth-order valence-electron chi connectivity index (χ4n) is 4.70. The molecule has 0 atom stereocenters. The lowest BCUT2D eigenvalue weighted by Crippen LogP contribution is -2.32. The zero-order valence-electron chi connectivity index (χ0n) is 23.7. The van der Waals surface area contributed by atoms with Gasteiger partial charge in [-0.3, -0.25) is 14.6 Å². The minimum atomic E-state index is -0.117. The molecule has 1 N–H and O–H groups in total. The first kappa shape index (κ1) is 28.7. The monoisotopic (exact) mass is 576 g/mol. The average Bonchev–Trinajstić information content (AvgIpc) is 3.62. The molecule has 2 aromatic carbocycles. The lowest BCUT2D eigenvalue weighted by molar-refractivity contribution is -0.119. The van der Waals surface area contributed by atoms with E-state index in [1.165, 1.54) is 11.3 Å². The molecule has 3 heterocycles. The number of thiophene rings is 1. The second-order valence-electron chi connectivity index (χ2n) is 10.6. The van der Waals surface area contributed by atoms with Gasteiger partial charge < -0.3 is 14.8 Å². The predicted molar refractivity (Wildman–Crippen MR) is 165 cm³/mol. The summed E-state index contributed by atoms with van der Waals surface area (Å²) >= 11 is 1.44. The Balaban J connectivity index is 1.34. The first-order valence-electron chi connectivity index (χ1n) is 13.9. The van der Waals surface area contributed by atoms with E-state index < -0.39 is 0 Å². The highest BCUT2D eigenvalue weighted by molar-refractivity contribution is 7.20. The van der Waals surface area contributed by atoms with Gasteiger partial charge in [0.1, 0.15) is 0 Å². The topological polar surface area (TPSA) is 104 Å². The number of nitrogens with one attached hydrogen (secondary N) is 1. The zero-order chi connectivity index (χ0) is 29.5. The predicted octanol–water partition coefficient (Wildman–Crippen LogP) is 5.96. The Bertz CT molecular complexity index is 1720. The number of nitrogens with zero attached hydrogens (tertiary/aromatic N) is 5. The van der Waals surface area contributed by atoms with E-state index in [1.807, 2.05) is 73.0 Å². The van der Waals surface area contributed by atoms with E-state index in [9.17, 15) is 9.59 Å². The Morgan fingerprint density at radius 3 is 2.67 bits per heavy atom. The summed E-state index contributed by atoms with van der Waals surface area (Å²) in [6, 6.07) is 23.2. The molecule has 0 aliphatic rings. The highest BCUT2D eigenvalue weighted by Gasteiger charge is 2.21. The largest absolute Gasteiger partial charge is 0.351 e. The SMILES string of the molecule is CC(C)CC(=O)N(Cc1cncn1Cc1ccc(C#N)cc1)c1ccc2sc(C(=O)NCCc3ccccn3)cc2c1. The van der Waals surface area contributed by atoms with Gasteiger partial charge in [-0.2, -0.15) is 5.26 Å². The van der Waals surface area contributed by atoms with Crippen LogP contribution in [-0.2, 0) is 24.3 Å². The fraction of sp³-hybridized carbons (Fsp3) is 0.242. The van der Waals surface area contributed by atoms with Gasteiger partial charge in [0.2, 0.25) is 5.91 Å². The number of anilines is 1. The molecular weight excluding hydrogens is 544 g/mol. The van der Waals surface area contributed by atoms with Crippen molar-refractivity contribution in [1.29, 1.82) is 5.26 Å². The molecule has 2 amide bonds. The van der Waals surface area contributed by atoms with E-state index in [0.717, 1.165) is 32.7 Å². The molecule has 8 nitrogen and oxygen atoms in total. The minimum Gasteiger partial charge on any atom is -0.351 e. The van der Waals surface area contributed by atoms with Crippen molar-refractivity contribution in [3.63, 3.8) is 0 Å². The molecular formula is C33H32N6O2S. The van der Waals surface area contributed by atoms with Crippen LogP contribution in [0.15, 0.2) is 85.5 Å². The third-order valence-electron chi connectivity index (χ3n) is 6.87. The first-order chi connectivity index (χ1) is 20.4. The van der Waals surface area contributed by atoms with Gasteiger partial charge in [0.05, 0.1) is 35.1 Å². The summed E-state index contributed by atoms with van der Waals surface area (Å²) in [6.07, 6.45) is 6.38. The van der Waals surface area contributed by atoms with E-state index in [2.05, 4.69) is 21.4 Å². The van der Waals surface area contributed by atoms with Gasteiger partial charge in [-0.1, -0.05) is 32.0 Å². The molecule has 0 radical (unpaired) electrons. The highest BCUT2D eigenvalue weighted by Crippen LogP contribution is 2.31. The van der Waals surface area contributed by atoms with Gasteiger partial charge in [0, 0.05) is 54.4 Å². The van der Waals surface area contributed by atoms with E-state index in [-0.39, 0.29) is 17.7 Å². The van der Waals surface area contributed by atoms with E-state index >= 15 is 0 Å². The third kappa shape index (κ3) is 7.09. The molecule has 5 aromatic rings. The summed E-state index contributed by atoms with van der Waals surface area (Å²) in [5, 5.41) is 13.0. The van der Waals surface area contributed by atoms with Crippen molar-refractivity contribution in [3.05, 3.63) is 113 Å². The molecule has 0 bridgehead atoms. The molecule has 5 rings (SSSR count). The molecule has 0 saturated carbocycles. The average molecular weight is 577 g/mol. The number of rotatable bonds is 11. The lowest BCUT2D eigenvalue weighted by Gasteiger charge is -2.24. The number of aromatic nitrogens is 3. The van der Waals surface area contributed by atoms with Gasteiger partial charge in [-0.05, 0) is 65.4 Å². The molecule has 0 aliphatic carbocycles. The Morgan fingerprint density at radius 2 is 1.93 bits per heavy atom. The van der Waals surface area contributed by atoms with E-state index in [4.69, 9.17) is 5.26 Å². The molecule has 0 fully saturated rings. The van der Waals surface area contributed by atoms with Gasteiger partial charge >= 0.3 is 0 Å². The number of fused-ring (bicyclic) bond motifs is 1. The van der Waals surface area contributed by atoms with Crippen LogP contribution in [0.25, 0.3) is 10.1 Å². The zero-order valence-corrected chi connectivity index (χ0v) is 24.5. The number of pyridine rings is 1. The molecule has 0 unspecified atom stereocenters. The van der Waals surface area contributed by atoms with Crippen molar-refractivity contribution >= 4 is 38.9 Å². The highest BCUT2D eigenvalue weighted by atomic mass is 32.1. The summed E-state index contributed by atoms with van der Waals surface area (Å²) < 4.78 is 3.00. The quantitative estimate of drug-likeness (QED) is 0.209. The number of carbonyl (C=O) groups excluding carboxylic acids is 2. The van der Waals surface area contributed by atoms with Crippen LogP contribution in [0, 0.1) is 17.2 Å². The molecule has 0 saturated heterocycles. The second kappa shape index (κ2) is 13.2. The number of hydrogen-bond donors (Lipinski definition) is 1. The van der Waals surface area contributed by atoms with Gasteiger partial charge in [0.15, 0.2) is 0 Å². The van der Waals surface area contributed by atoms with Crippen LogP contribution in [0.3, 0.4) is 0 Å². The third-order valence-corrected chi connectivity index (χ3v) is 7.98. The van der Waals surface area contributed by atoms with Crippen LogP contribution in [0.5, 0.6) is 0 Å². The van der Waals surface area contributed by atoms with Gasteiger partial charge in [-0.15, -0.1) is 11.3 Å². The van der Waals surface area contributed by atoms with Crippen molar-refractivity contribution in [2.75, 3.05) is 11.4 Å². The first-order valence-corrected chi connectivity index (χ1v) is 14.7. The van der Waals surface area contributed by atoms with Gasteiger partial charge in [-0.25, -0.2) is 4.98 Å². The van der Waals surface area contributed by atoms with Crippen LogP contribution in [-0.4, -0.2) is 32.9 Å². The smallest absolute Gasteiger partial charge is 0.261 e. The Labute approximate surface area is 249 Å². The second-order valence-corrected chi connectivity index (χ2v) is 11.6. The number of hydrogen-bond acceptors (Lipinski definition) is 6. The molecule has 0 spiro atoms. The van der Waals surface area contributed by atoms with Crippen molar-refractivity contribution in [1.82, 2.24) is 19.9 Å². The van der Waals surface area contributed by atoms with Gasteiger partial charge in [0.25, 0.3) is 5.91 Å². The van der Waals surface area contributed by atoms with Crippen LogP contribution in [0.1, 0.15) is 52.5 Å². The normalized spacial score (nSPS) is 11.0. The summed E-state index contributed by atoms with van der Waals surface area (Å²) in [4.78, 5) is 37.5. The van der Waals surface area contributed by atoms with Crippen LogP contribution in [0.2, 0.25) is 0 Å². The Morgan fingerprint density at radius 1 is 1.10 bits per heavy atom. The van der Waals surface area contributed by atoms with Crippen molar-refractivity contribution < 1.29 is 9.59 Å². The molecule has 42 heavy (non-hydrogen) atoms. The number of benzene rings is 2. The maximum absolute atomic E-state index is 13.5. The van der Waals surface area contributed by atoms with Crippen molar-refractivity contribution in [3.8, 4) is 6.07 Å². The summed E-state index contributed by atoms with van der Waals surface area (Å²) in [6.45, 7) is 5.51. The number of amides is 2. The summed E-state index contributed by atoms with van der Waals surface area (Å²) in [5.74, 6) is 0.112. The van der Waals surface area contributed by atoms with Crippen LogP contribution >= 0.6 is 11.3 Å². The molecule has 3 aromatic heterocycles. The maximum Gasteiger partial charge on any atom is 0.261 e. The number of carbonyl (C=O) groups is 2.